The summed E-state index contributed by atoms with van der Waals surface area (Å²) in [6.45, 7) is 12.1. The van der Waals surface area contributed by atoms with Gasteiger partial charge in [-0.3, -0.25) is 0 Å². The van der Waals surface area contributed by atoms with Gasteiger partial charge in [0.15, 0.2) is 0 Å². The Morgan fingerprint density at radius 3 is 2.69 bits per heavy atom. The van der Waals surface area contributed by atoms with Crippen LogP contribution in [0.4, 0.5) is 0 Å². The fourth-order valence-corrected chi connectivity index (χ4v) is 1.67. The normalized spacial score (nSPS) is 14.1. The summed E-state index contributed by atoms with van der Waals surface area (Å²) < 4.78 is 2.26. The lowest BCUT2D eigenvalue weighted by atomic mass is 10.0. The standard InChI is InChI=1S/C13H25N3/c1-6-12-14-8-9-16(12)11(3)10-15-13(4,5)7-2/h8-9,11,15H,6-7,10H2,1-5H3. The first-order chi connectivity index (χ1) is 7.50. The van der Waals surface area contributed by atoms with Crippen LogP contribution in [0.25, 0.3) is 0 Å². The van der Waals surface area contributed by atoms with Gasteiger partial charge in [0.1, 0.15) is 5.82 Å². The Morgan fingerprint density at radius 2 is 2.12 bits per heavy atom. The Bertz CT molecular complexity index is 315. The minimum atomic E-state index is 0.223. The summed E-state index contributed by atoms with van der Waals surface area (Å²) in [5.41, 5.74) is 0.223. The van der Waals surface area contributed by atoms with Crippen LogP contribution in [0.15, 0.2) is 12.4 Å². The molecule has 3 nitrogen and oxygen atoms in total. The fourth-order valence-electron chi connectivity index (χ4n) is 1.67. The maximum atomic E-state index is 4.36. The van der Waals surface area contributed by atoms with Crippen LogP contribution in [0, 0.1) is 0 Å². The van der Waals surface area contributed by atoms with Gasteiger partial charge in [0.05, 0.1) is 0 Å². The van der Waals surface area contributed by atoms with Gasteiger partial charge in [-0.2, -0.15) is 0 Å². The van der Waals surface area contributed by atoms with Gasteiger partial charge in [-0.25, -0.2) is 4.98 Å². The Kier molecular flexibility index (Phi) is 4.54. The average molecular weight is 223 g/mol. The summed E-state index contributed by atoms with van der Waals surface area (Å²) in [5.74, 6) is 1.17. The molecule has 1 aromatic rings. The van der Waals surface area contributed by atoms with E-state index in [1.165, 1.54) is 5.82 Å². The molecule has 0 fully saturated rings. The molecular weight excluding hydrogens is 198 g/mol. The van der Waals surface area contributed by atoms with Crippen LogP contribution in [-0.4, -0.2) is 21.6 Å². The minimum absolute atomic E-state index is 0.223. The maximum Gasteiger partial charge on any atom is 0.108 e. The van der Waals surface area contributed by atoms with E-state index in [0.29, 0.717) is 6.04 Å². The molecular formula is C13H25N3. The van der Waals surface area contributed by atoms with E-state index in [1.54, 1.807) is 0 Å². The van der Waals surface area contributed by atoms with Crippen molar-refractivity contribution in [1.29, 1.82) is 0 Å². The van der Waals surface area contributed by atoms with E-state index in [-0.39, 0.29) is 5.54 Å². The summed E-state index contributed by atoms with van der Waals surface area (Å²) in [7, 11) is 0. The summed E-state index contributed by atoms with van der Waals surface area (Å²) in [4.78, 5) is 4.36. The highest BCUT2D eigenvalue weighted by atomic mass is 15.1. The number of aromatic nitrogens is 2. The van der Waals surface area contributed by atoms with Crippen molar-refractivity contribution in [2.45, 2.75) is 59.0 Å². The molecule has 1 rings (SSSR count). The zero-order valence-corrected chi connectivity index (χ0v) is 11.2. The number of hydrogen-bond acceptors (Lipinski definition) is 2. The van der Waals surface area contributed by atoms with Crippen LogP contribution in [0.1, 0.15) is 52.9 Å². The molecule has 16 heavy (non-hydrogen) atoms. The third-order valence-electron chi connectivity index (χ3n) is 3.30. The highest BCUT2D eigenvalue weighted by Gasteiger charge is 2.16. The van der Waals surface area contributed by atoms with Crippen molar-refractivity contribution >= 4 is 0 Å². The predicted octanol–water partition coefficient (Wildman–Crippen LogP) is 2.78. The first kappa shape index (κ1) is 13.2. The second-order valence-electron chi connectivity index (χ2n) is 5.07. The van der Waals surface area contributed by atoms with Crippen LogP contribution in [0.5, 0.6) is 0 Å². The molecule has 1 N–H and O–H groups in total. The molecule has 1 heterocycles. The Hall–Kier alpha value is -0.830. The van der Waals surface area contributed by atoms with Crippen molar-refractivity contribution in [3.05, 3.63) is 18.2 Å². The predicted molar refractivity (Wildman–Crippen MR) is 68.7 cm³/mol. The smallest absolute Gasteiger partial charge is 0.108 e. The van der Waals surface area contributed by atoms with Crippen LogP contribution in [-0.2, 0) is 6.42 Å². The molecule has 1 unspecified atom stereocenters. The number of imidazole rings is 1. The topological polar surface area (TPSA) is 29.9 Å². The van der Waals surface area contributed by atoms with Crippen molar-refractivity contribution in [3.8, 4) is 0 Å². The molecule has 0 saturated carbocycles. The zero-order chi connectivity index (χ0) is 12.2. The lowest BCUT2D eigenvalue weighted by molar-refractivity contribution is 0.342. The van der Waals surface area contributed by atoms with Gasteiger partial charge in [-0.05, 0) is 27.2 Å². The van der Waals surface area contributed by atoms with Gasteiger partial charge in [0, 0.05) is 36.9 Å². The highest BCUT2D eigenvalue weighted by molar-refractivity contribution is 4.95. The molecule has 92 valence electrons. The van der Waals surface area contributed by atoms with E-state index < -0.39 is 0 Å². The molecule has 0 aliphatic rings. The summed E-state index contributed by atoms with van der Waals surface area (Å²) in [5, 5.41) is 3.60. The third-order valence-corrected chi connectivity index (χ3v) is 3.30. The quantitative estimate of drug-likeness (QED) is 0.803. The van der Waals surface area contributed by atoms with E-state index in [9.17, 15) is 0 Å². The lowest BCUT2D eigenvalue weighted by Gasteiger charge is -2.27. The average Bonchev–Trinajstić information content (AvgIpc) is 2.74. The Morgan fingerprint density at radius 1 is 1.44 bits per heavy atom. The number of nitrogens with one attached hydrogen (secondary N) is 1. The van der Waals surface area contributed by atoms with Gasteiger partial charge in [-0.15, -0.1) is 0 Å². The number of hydrogen-bond donors (Lipinski definition) is 1. The van der Waals surface area contributed by atoms with Crippen molar-refractivity contribution < 1.29 is 0 Å². The Balaban J connectivity index is 2.56. The van der Waals surface area contributed by atoms with E-state index in [4.69, 9.17) is 0 Å². The van der Waals surface area contributed by atoms with Crippen LogP contribution in [0.2, 0.25) is 0 Å². The van der Waals surface area contributed by atoms with Gasteiger partial charge >= 0.3 is 0 Å². The van der Waals surface area contributed by atoms with Crippen molar-refractivity contribution in [1.82, 2.24) is 14.9 Å². The molecule has 0 aromatic carbocycles. The number of rotatable bonds is 6. The van der Waals surface area contributed by atoms with Gasteiger partial charge in [0.25, 0.3) is 0 Å². The van der Waals surface area contributed by atoms with Crippen LogP contribution in [0.3, 0.4) is 0 Å². The highest BCUT2D eigenvalue weighted by Crippen LogP contribution is 2.12. The van der Waals surface area contributed by atoms with Crippen molar-refractivity contribution in [2.24, 2.45) is 0 Å². The second kappa shape index (κ2) is 5.48. The molecule has 0 radical (unpaired) electrons. The second-order valence-corrected chi connectivity index (χ2v) is 5.07. The minimum Gasteiger partial charge on any atom is -0.331 e. The monoisotopic (exact) mass is 223 g/mol. The molecule has 0 amide bonds. The van der Waals surface area contributed by atoms with Gasteiger partial charge in [-0.1, -0.05) is 13.8 Å². The first-order valence-corrected chi connectivity index (χ1v) is 6.27. The van der Waals surface area contributed by atoms with Gasteiger partial charge in [0.2, 0.25) is 0 Å². The van der Waals surface area contributed by atoms with E-state index in [0.717, 1.165) is 19.4 Å². The largest absolute Gasteiger partial charge is 0.331 e. The SMILES string of the molecule is CCc1nccn1C(C)CNC(C)(C)CC. The van der Waals surface area contributed by atoms with Crippen LogP contribution >= 0.6 is 0 Å². The number of nitrogens with zero attached hydrogens (tertiary/aromatic N) is 2. The van der Waals surface area contributed by atoms with Crippen LogP contribution < -0.4 is 5.32 Å². The molecule has 0 bridgehead atoms. The summed E-state index contributed by atoms with van der Waals surface area (Å²) >= 11 is 0. The molecule has 0 spiro atoms. The van der Waals surface area contributed by atoms with Crippen molar-refractivity contribution in [2.75, 3.05) is 6.54 Å². The molecule has 0 aliphatic heterocycles. The van der Waals surface area contributed by atoms with E-state index in [2.05, 4.69) is 55.7 Å². The maximum absolute atomic E-state index is 4.36. The van der Waals surface area contributed by atoms with Crippen molar-refractivity contribution in [3.63, 3.8) is 0 Å². The molecule has 1 aromatic heterocycles. The summed E-state index contributed by atoms with van der Waals surface area (Å²) in [6, 6.07) is 0.461. The van der Waals surface area contributed by atoms with Gasteiger partial charge < -0.3 is 9.88 Å². The first-order valence-electron chi connectivity index (χ1n) is 6.27. The Labute approximate surface area is 99.3 Å². The molecule has 0 aliphatic carbocycles. The molecule has 3 heteroatoms. The third kappa shape index (κ3) is 3.34. The lowest BCUT2D eigenvalue weighted by Crippen LogP contribution is -2.41. The van der Waals surface area contributed by atoms with E-state index in [1.807, 2.05) is 6.20 Å². The fraction of sp³-hybridized carbons (Fsp3) is 0.769. The molecule has 1 atom stereocenters. The number of aryl methyl sites for hydroxylation is 1. The summed E-state index contributed by atoms with van der Waals surface area (Å²) in [6.07, 6.45) is 6.10. The van der Waals surface area contributed by atoms with E-state index >= 15 is 0 Å². The zero-order valence-electron chi connectivity index (χ0n) is 11.2. The molecule has 0 saturated heterocycles.